The van der Waals surface area contributed by atoms with Crippen LogP contribution in [-0.2, 0) is 11.3 Å². The molecule has 0 radical (unpaired) electrons. The normalized spacial score (nSPS) is 10.7. The average Bonchev–Trinajstić information content (AvgIpc) is 2.77. The highest BCUT2D eigenvalue weighted by Gasteiger charge is 2.15. The zero-order chi connectivity index (χ0) is 14.7. The lowest BCUT2D eigenvalue weighted by Crippen LogP contribution is -2.01. The van der Waals surface area contributed by atoms with Gasteiger partial charge in [-0.05, 0) is 19.4 Å². The van der Waals surface area contributed by atoms with Crippen LogP contribution in [0.5, 0.6) is 5.75 Å². The quantitative estimate of drug-likeness (QED) is 0.823. The van der Waals surface area contributed by atoms with Gasteiger partial charge in [0.25, 0.3) is 0 Å². The van der Waals surface area contributed by atoms with Gasteiger partial charge >= 0.3 is 5.97 Å². The lowest BCUT2D eigenvalue weighted by atomic mass is 10.1. The molecule has 2 rings (SSSR count). The molecule has 0 saturated heterocycles. The third kappa shape index (κ3) is 2.66. The third-order valence-electron chi connectivity index (χ3n) is 3.25. The van der Waals surface area contributed by atoms with Gasteiger partial charge in [0.2, 0.25) is 0 Å². The van der Waals surface area contributed by atoms with Gasteiger partial charge in [0, 0.05) is 30.1 Å². The summed E-state index contributed by atoms with van der Waals surface area (Å²) in [5.41, 5.74) is 1.47. The SMILES string of the molecule is COc1cccc2c(C(C)=O)cn(CCCC(=O)O)c12. The Hall–Kier alpha value is -2.30. The number of aliphatic carboxylic acids is 1. The number of hydrogen-bond acceptors (Lipinski definition) is 3. The third-order valence-corrected chi connectivity index (χ3v) is 3.25. The first-order valence-corrected chi connectivity index (χ1v) is 6.43. The Balaban J connectivity index is 2.47. The molecule has 5 heteroatoms. The van der Waals surface area contributed by atoms with Gasteiger partial charge in [-0.1, -0.05) is 12.1 Å². The fraction of sp³-hybridized carbons (Fsp3) is 0.333. The second kappa shape index (κ2) is 5.77. The largest absolute Gasteiger partial charge is 0.495 e. The lowest BCUT2D eigenvalue weighted by molar-refractivity contribution is -0.137. The Kier molecular flexibility index (Phi) is 4.08. The van der Waals surface area contributed by atoms with E-state index in [1.54, 1.807) is 13.3 Å². The molecule has 0 aliphatic carbocycles. The number of carbonyl (C=O) groups is 2. The predicted molar refractivity (Wildman–Crippen MR) is 75.4 cm³/mol. The Bertz CT molecular complexity index is 657. The molecule has 0 amide bonds. The van der Waals surface area contributed by atoms with Gasteiger partial charge < -0.3 is 14.4 Å². The Morgan fingerprint density at radius 2 is 2.10 bits per heavy atom. The summed E-state index contributed by atoms with van der Waals surface area (Å²) in [4.78, 5) is 22.3. The van der Waals surface area contributed by atoms with Crippen LogP contribution in [-0.4, -0.2) is 28.5 Å². The number of carbonyl (C=O) groups excluding carboxylic acids is 1. The minimum Gasteiger partial charge on any atom is -0.495 e. The summed E-state index contributed by atoms with van der Waals surface area (Å²) < 4.78 is 7.24. The van der Waals surface area contributed by atoms with Crippen LogP contribution in [0.3, 0.4) is 0 Å². The Morgan fingerprint density at radius 3 is 2.70 bits per heavy atom. The molecule has 0 saturated carbocycles. The maximum absolute atomic E-state index is 11.7. The summed E-state index contributed by atoms with van der Waals surface area (Å²) >= 11 is 0. The average molecular weight is 275 g/mol. The minimum atomic E-state index is -0.819. The number of rotatable bonds is 6. The van der Waals surface area contributed by atoms with Crippen LogP contribution >= 0.6 is 0 Å². The van der Waals surface area contributed by atoms with E-state index in [0.29, 0.717) is 24.3 Å². The van der Waals surface area contributed by atoms with Crippen LogP contribution in [0.2, 0.25) is 0 Å². The minimum absolute atomic E-state index is 0.0137. The number of ketones is 1. The fourth-order valence-electron chi connectivity index (χ4n) is 2.35. The molecule has 5 nitrogen and oxygen atoms in total. The van der Waals surface area contributed by atoms with E-state index < -0.39 is 5.97 Å². The number of aromatic nitrogens is 1. The Morgan fingerprint density at radius 1 is 1.35 bits per heavy atom. The van der Waals surface area contributed by atoms with Crippen LogP contribution in [0.4, 0.5) is 0 Å². The Labute approximate surface area is 116 Å². The number of Topliss-reactive ketones (excluding diaryl/α,β-unsaturated/α-hetero) is 1. The van der Waals surface area contributed by atoms with Crippen molar-refractivity contribution in [2.45, 2.75) is 26.3 Å². The van der Waals surface area contributed by atoms with E-state index in [4.69, 9.17) is 9.84 Å². The smallest absolute Gasteiger partial charge is 0.303 e. The maximum Gasteiger partial charge on any atom is 0.303 e. The van der Waals surface area contributed by atoms with Crippen molar-refractivity contribution in [2.75, 3.05) is 7.11 Å². The maximum atomic E-state index is 11.7. The number of aryl methyl sites for hydroxylation is 1. The first kappa shape index (κ1) is 14.1. The molecule has 106 valence electrons. The van der Waals surface area contributed by atoms with Crippen LogP contribution in [0.15, 0.2) is 24.4 Å². The number of ether oxygens (including phenoxy) is 1. The second-order valence-electron chi connectivity index (χ2n) is 4.65. The van der Waals surface area contributed by atoms with E-state index in [9.17, 15) is 9.59 Å². The van der Waals surface area contributed by atoms with Gasteiger partial charge in [-0.15, -0.1) is 0 Å². The number of carboxylic acids is 1. The molecule has 0 atom stereocenters. The highest BCUT2D eigenvalue weighted by Crippen LogP contribution is 2.30. The first-order valence-electron chi connectivity index (χ1n) is 6.43. The van der Waals surface area contributed by atoms with Crippen LogP contribution in [0.25, 0.3) is 10.9 Å². The molecule has 1 heterocycles. The summed E-state index contributed by atoms with van der Waals surface area (Å²) in [6.45, 7) is 2.06. The van der Waals surface area contributed by atoms with E-state index in [2.05, 4.69) is 0 Å². The van der Waals surface area contributed by atoms with E-state index in [1.165, 1.54) is 6.92 Å². The predicted octanol–water partition coefficient (Wildman–Crippen LogP) is 2.72. The number of nitrogens with zero attached hydrogens (tertiary/aromatic N) is 1. The number of benzene rings is 1. The highest BCUT2D eigenvalue weighted by atomic mass is 16.5. The first-order chi connectivity index (χ1) is 9.54. The highest BCUT2D eigenvalue weighted by molar-refractivity contribution is 6.08. The van der Waals surface area contributed by atoms with Crippen LogP contribution in [0, 0.1) is 0 Å². The molecule has 0 fully saturated rings. The summed E-state index contributed by atoms with van der Waals surface area (Å²) in [6, 6.07) is 5.55. The molecule has 0 aliphatic rings. The monoisotopic (exact) mass is 275 g/mol. The molecule has 1 N–H and O–H groups in total. The topological polar surface area (TPSA) is 68.5 Å². The summed E-state index contributed by atoms with van der Waals surface area (Å²) in [7, 11) is 1.58. The second-order valence-corrected chi connectivity index (χ2v) is 4.65. The van der Waals surface area contributed by atoms with Crippen molar-refractivity contribution in [3.63, 3.8) is 0 Å². The van der Waals surface area contributed by atoms with Crippen LogP contribution < -0.4 is 4.74 Å². The van der Waals surface area contributed by atoms with Crippen LogP contribution in [0.1, 0.15) is 30.1 Å². The zero-order valence-corrected chi connectivity index (χ0v) is 11.5. The number of methoxy groups -OCH3 is 1. The van der Waals surface area contributed by atoms with E-state index in [-0.39, 0.29) is 12.2 Å². The van der Waals surface area contributed by atoms with Gasteiger partial charge in [-0.2, -0.15) is 0 Å². The standard InChI is InChI=1S/C15H17NO4/c1-10(17)12-9-16(8-4-7-14(18)19)15-11(12)5-3-6-13(15)20-2/h3,5-6,9H,4,7-8H2,1-2H3,(H,18,19). The molecule has 2 aromatic rings. The van der Waals surface area contributed by atoms with Crippen molar-refractivity contribution in [3.05, 3.63) is 30.0 Å². The number of hydrogen-bond donors (Lipinski definition) is 1. The van der Waals surface area contributed by atoms with Crippen molar-refractivity contribution >= 4 is 22.7 Å². The molecule has 1 aromatic carbocycles. The van der Waals surface area contributed by atoms with Gasteiger partial charge in [-0.25, -0.2) is 0 Å². The molecular weight excluding hydrogens is 258 g/mol. The molecule has 0 aliphatic heterocycles. The molecule has 1 aromatic heterocycles. The number of para-hydroxylation sites is 1. The molecule has 0 spiro atoms. The molecule has 20 heavy (non-hydrogen) atoms. The summed E-state index contributed by atoms with van der Waals surface area (Å²) in [5, 5.41) is 9.55. The molecular formula is C15H17NO4. The zero-order valence-electron chi connectivity index (χ0n) is 11.5. The lowest BCUT2D eigenvalue weighted by Gasteiger charge is -2.08. The van der Waals surface area contributed by atoms with Gasteiger partial charge in [0.15, 0.2) is 5.78 Å². The van der Waals surface area contributed by atoms with Crippen molar-refractivity contribution in [1.82, 2.24) is 4.57 Å². The van der Waals surface area contributed by atoms with Crippen molar-refractivity contribution in [3.8, 4) is 5.75 Å². The van der Waals surface area contributed by atoms with Gasteiger partial charge in [-0.3, -0.25) is 9.59 Å². The number of carboxylic acid groups (broad SMARTS) is 1. The fourth-order valence-corrected chi connectivity index (χ4v) is 2.35. The van der Waals surface area contributed by atoms with E-state index >= 15 is 0 Å². The molecule has 0 unspecified atom stereocenters. The number of fused-ring (bicyclic) bond motifs is 1. The van der Waals surface area contributed by atoms with Crippen molar-refractivity contribution in [1.29, 1.82) is 0 Å². The van der Waals surface area contributed by atoms with Gasteiger partial charge in [0.1, 0.15) is 5.75 Å². The summed E-state index contributed by atoms with van der Waals surface area (Å²) in [5.74, 6) is -0.147. The van der Waals surface area contributed by atoms with Crippen molar-refractivity contribution < 1.29 is 19.4 Å². The van der Waals surface area contributed by atoms with Gasteiger partial charge in [0.05, 0.1) is 12.6 Å². The summed E-state index contributed by atoms with van der Waals surface area (Å²) in [6.07, 6.45) is 2.39. The van der Waals surface area contributed by atoms with E-state index in [0.717, 1.165) is 10.9 Å². The van der Waals surface area contributed by atoms with E-state index in [1.807, 2.05) is 22.8 Å². The molecule has 0 bridgehead atoms. The van der Waals surface area contributed by atoms with Crippen molar-refractivity contribution in [2.24, 2.45) is 0 Å².